The van der Waals surface area contributed by atoms with E-state index < -0.39 is 36.4 Å². The summed E-state index contributed by atoms with van der Waals surface area (Å²) in [5.41, 5.74) is 0. The van der Waals surface area contributed by atoms with Crippen molar-refractivity contribution in [3.8, 4) is 0 Å². The molecule has 0 aliphatic heterocycles. The first kappa shape index (κ1) is 54.0. The van der Waals surface area contributed by atoms with E-state index in [1.165, 1.54) is 0 Å². The Kier molecular flexibility index (Phi) is 47.5. The molecule has 0 aromatic rings. The van der Waals surface area contributed by atoms with Crippen molar-refractivity contribution >= 4 is 41.1 Å². The number of carbonyl (C=O) groups is 3. The maximum atomic E-state index is 11.3. The van der Waals surface area contributed by atoms with E-state index in [9.17, 15) is 44.3 Å². The minimum Gasteiger partial charge on any atom is -0.475 e. The molecule has 209 valence electrons. The van der Waals surface area contributed by atoms with Crippen LogP contribution in [0.2, 0.25) is 0 Å². The van der Waals surface area contributed by atoms with Gasteiger partial charge in [0.05, 0.1) is 11.9 Å². The smallest absolute Gasteiger partial charge is 0.475 e. The number of aliphatic hydroxyl groups is 1. The molecule has 19 heteroatoms. The first-order valence-electron chi connectivity index (χ1n) is 7.27. The van der Waals surface area contributed by atoms with Crippen molar-refractivity contribution < 1.29 is 92.5 Å². The number of hydrogen-bond acceptors (Lipinski definition) is 5. The van der Waals surface area contributed by atoms with Crippen molar-refractivity contribution in [3.63, 3.8) is 0 Å². The second-order valence-electron chi connectivity index (χ2n) is 4.06. The first-order chi connectivity index (χ1) is 13.7. The van der Waals surface area contributed by atoms with E-state index in [0.717, 1.165) is 6.42 Å². The number of aliphatic hydroxyl groups excluding tert-OH is 1. The fourth-order valence-corrected chi connectivity index (χ4v) is 0.277. The van der Waals surface area contributed by atoms with Crippen LogP contribution in [-0.2, 0) is 37.7 Å². The van der Waals surface area contributed by atoms with E-state index in [2.05, 4.69) is 4.74 Å². The summed E-state index contributed by atoms with van der Waals surface area (Å²) < 4.78 is 101. The number of carboxylic acid groups (broad SMARTS) is 2. The van der Waals surface area contributed by atoms with Crippen LogP contribution in [0.15, 0.2) is 0 Å². The number of hydrogen-bond donors (Lipinski definition) is 3. The number of carboxylic acids is 2. The van der Waals surface area contributed by atoms with Crippen LogP contribution in [0.5, 0.6) is 0 Å². The summed E-state index contributed by atoms with van der Waals surface area (Å²) in [6.07, 6.45) is -13.8. The Bertz CT molecular complexity index is 451. The van der Waals surface area contributed by atoms with Crippen LogP contribution in [0, 0.1) is 14.9 Å². The van der Waals surface area contributed by atoms with Crippen molar-refractivity contribution in [2.75, 3.05) is 18.6 Å². The molecule has 0 aromatic carbocycles. The van der Waals surface area contributed by atoms with Gasteiger partial charge in [0.15, 0.2) is 0 Å². The molecule has 3 N–H and O–H groups in total. The summed E-state index contributed by atoms with van der Waals surface area (Å²) >= 11 is 9.53. The molecule has 0 aliphatic rings. The number of esters is 1. The molecule has 0 atom stereocenters. The fourth-order valence-electron chi connectivity index (χ4n) is 0.277. The Morgan fingerprint density at radius 2 is 0.941 bits per heavy atom. The summed E-state index contributed by atoms with van der Waals surface area (Å²) in [7, 11) is 0. The molecule has 0 rings (SSSR count). The topological polar surface area (TPSA) is 121 Å². The fraction of sp³-hybridized carbons (Fsp3) is 0.667. The van der Waals surface area contributed by atoms with Gasteiger partial charge >= 0.3 is 55.0 Å². The van der Waals surface area contributed by atoms with Gasteiger partial charge in [0.1, 0.15) is 0 Å². The van der Waals surface area contributed by atoms with Crippen molar-refractivity contribution in [2.24, 2.45) is 0 Å². The molecule has 0 saturated heterocycles. The maximum absolute atomic E-state index is 11.3. The average Bonchev–Trinajstić information content (AvgIpc) is 2.59. The molecule has 0 amide bonds. The van der Waals surface area contributed by atoms with E-state index in [4.69, 9.17) is 48.1 Å². The molecule has 1 radical (unpaired) electrons. The summed E-state index contributed by atoms with van der Waals surface area (Å²) in [5, 5.41) is 22.3. The number of alkyl halides is 11. The summed E-state index contributed by atoms with van der Waals surface area (Å²) in [6, 6.07) is 0. The second kappa shape index (κ2) is 29.9. The van der Waals surface area contributed by atoms with Gasteiger partial charge in [0.25, 0.3) is 0 Å². The number of ether oxygens (including phenoxy) is 1. The van der Waals surface area contributed by atoms with Gasteiger partial charge in [-0.15, -0.1) is 23.2 Å². The Morgan fingerprint density at radius 3 is 1.03 bits per heavy atom. The van der Waals surface area contributed by atoms with Gasteiger partial charge in [-0.25, -0.2) is 14.4 Å². The average molecular weight is 610 g/mol. The normalized spacial score (nSPS) is 9.35. The van der Waals surface area contributed by atoms with Crippen molar-refractivity contribution in [1.29, 1.82) is 0 Å². The van der Waals surface area contributed by atoms with Crippen LogP contribution in [0.1, 0.15) is 26.7 Å². The Labute approximate surface area is 212 Å². The molecule has 0 aromatic heterocycles. The first-order valence-corrected chi connectivity index (χ1v) is 8.34. The molecule has 0 spiro atoms. The van der Waals surface area contributed by atoms with Crippen LogP contribution < -0.4 is 0 Å². The van der Waals surface area contributed by atoms with Gasteiger partial charge in [-0.1, -0.05) is 13.8 Å². The second-order valence-corrected chi connectivity index (χ2v) is 4.87. The van der Waals surface area contributed by atoms with Gasteiger partial charge in [-0.2, -0.15) is 39.5 Å². The predicted molar refractivity (Wildman–Crippen MR) is 101 cm³/mol. The molecule has 0 fully saturated rings. The Morgan fingerprint density at radius 1 is 0.735 bits per heavy atom. The molecule has 7 nitrogen and oxygen atoms in total. The molecule has 0 unspecified atom stereocenters. The molecule has 0 saturated carbocycles. The van der Waals surface area contributed by atoms with Crippen LogP contribution in [0.25, 0.3) is 0 Å². The van der Waals surface area contributed by atoms with Gasteiger partial charge in [-0.05, 0) is 12.8 Å². The zero-order chi connectivity index (χ0) is 26.5. The summed E-state index contributed by atoms with van der Waals surface area (Å²) in [6.45, 7) is 3.68. The molecule has 0 bridgehead atoms. The monoisotopic (exact) mass is 609 g/mol. The molecular formula is C15H25Cl2F9O7V. The summed E-state index contributed by atoms with van der Waals surface area (Å²) in [5.74, 6) is -7.63. The number of carbonyl (C=O) groups excluding carboxylic acids is 1. The quantitative estimate of drug-likeness (QED) is 0.168. The van der Waals surface area contributed by atoms with Gasteiger partial charge in [0, 0.05) is 6.61 Å². The van der Waals surface area contributed by atoms with E-state index in [0.29, 0.717) is 13.0 Å². The van der Waals surface area contributed by atoms with Gasteiger partial charge in [-0.3, -0.25) is 0 Å². The SMILES string of the molecule is CCCO.CCCOC(=O)C(F)(F)F.ClCCl.O=C(O)C(F)(F)F.O=C(O)C(F)(F)F.[CH3-].[CH3-].[V+2]. The zero-order valence-electron chi connectivity index (χ0n) is 18.1. The van der Waals surface area contributed by atoms with Crippen LogP contribution in [0.4, 0.5) is 39.5 Å². The summed E-state index contributed by atoms with van der Waals surface area (Å²) in [4.78, 5) is 27.7. The number of rotatable bonds is 3. The van der Waals surface area contributed by atoms with E-state index in [1.807, 2.05) is 6.92 Å². The van der Waals surface area contributed by atoms with Crippen molar-refractivity contribution in [3.05, 3.63) is 14.9 Å². The van der Waals surface area contributed by atoms with Gasteiger partial charge < -0.3 is 34.9 Å². The molecule has 34 heavy (non-hydrogen) atoms. The zero-order valence-corrected chi connectivity index (χ0v) is 21.0. The van der Waals surface area contributed by atoms with E-state index in [-0.39, 0.29) is 45.4 Å². The van der Waals surface area contributed by atoms with Gasteiger partial charge in [0.2, 0.25) is 0 Å². The number of aliphatic carboxylic acids is 2. The third-order valence-corrected chi connectivity index (χ3v) is 1.38. The number of halogens is 11. The molecular weight excluding hydrogens is 585 g/mol. The molecule has 0 aliphatic carbocycles. The largest absolute Gasteiger partial charge is 2.00 e. The minimum absolute atomic E-state index is 0. The third kappa shape index (κ3) is 57.6. The van der Waals surface area contributed by atoms with Crippen molar-refractivity contribution in [2.45, 2.75) is 45.2 Å². The minimum atomic E-state index is -5.08. The standard InChI is InChI=1S/C5H7F3O2.C3H8O.2C2HF3O2.CH2Cl2.2CH3.V/c1-2-3-10-4(9)5(6,7)8;1-2-3-4;2*3-2(4,5)1(6)7;2-1-3;;;/h2-3H2,1H3;4H,2-3H2,1H3;2*(H,6,7);1H2;2*1H3;/q;;;;;2*-1;+2. The van der Waals surface area contributed by atoms with Crippen LogP contribution in [0.3, 0.4) is 0 Å². The third-order valence-electron chi connectivity index (χ3n) is 1.38. The van der Waals surface area contributed by atoms with E-state index >= 15 is 0 Å². The van der Waals surface area contributed by atoms with E-state index in [1.54, 1.807) is 6.92 Å². The Balaban J connectivity index is -0.0000000426. The Hall–Kier alpha value is -1.10. The maximum Gasteiger partial charge on any atom is 2.00 e. The predicted octanol–water partition coefficient (Wildman–Crippen LogP) is 5.48. The van der Waals surface area contributed by atoms with Crippen LogP contribution >= 0.6 is 23.2 Å². The van der Waals surface area contributed by atoms with Crippen molar-refractivity contribution in [1.82, 2.24) is 0 Å². The van der Waals surface area contributed by atoms with Crippen LogP contribution in [-0.4, -0.2) is 70.3 Å². The molecule has 0 heterocycles.